The predicted molar refractivity (Wildman–Crippen MR) is 128 cm³/mol. The summed E-state index contributed by atoms with van der Waals surface area (Å²) in [6, 6.07) is 7.86. The van der Waals surface area contributed by atoms with Gasteiger partial charge in [0.05, 0.1) is 11.9 Å². The average Bonchev–Trinajstić information content (AvgIpc) is 2.62. The molecule has 0 fully saturated rings. The molecule has 1 aromatic carbocycles. The van der Waals surface area contributed by atoms with Crippen molar-refractivity contribution in [2.24, 2.45) is 0 Å². The third-order valence-electron chi connectivity index (χ3n) is 3.88. The maximum atomic E-state index is 6.11. The summed E-state index contributed by atoms with van der Waals surface area (Å²) in [4.78, 5) is 12.0. The summed E-state index contributed by atoms with van der Waals surface area (Å²) in [5.74, 6) is 0.496. The summed E-state index contributed by atoms with van der Waals surface area (Å²) in [7, 11) is 0. The quantitative estimate of drug-likeness (QED) is 0.326. The number of benzene rings is 1. The third-order valence-corrected chi connectivity index (χ3v) is 4.34. The van der Waals surface area contributed by atoms with Crippen molar-refractivity contribution in [3.05, 3.63) is 69.9 Å². The van der Waals surface area contributed by atoms with E-state index in [1.54, 1.807) is 6.20 Å². The Morgan fingerprint density at radius 3 is 2.38 bits per heavy atom. The van der Waals surface area contributed by atoms with Gasteiger partial charge in [0, 0.05) is 24.6 Å². The molecule has 0 atom stereocenters. The van der Waals surface area contributed by atoms with Crippen LogP contribution < -0.4 is 16.8 Å². The van der Waals surface area contributed by atoms with E-state index < -0.39 is 0 Å². The monoisotopic (exact) mass is 496 g/mol. The van der Waals surface area contributed by atoms with E-state index in [0.29, 0.717) is 23.1 Å². The van der Waals surface area contributed by atoms with Crippen molar-refractivity contribution in [1.29, 1.82) is 0 Å². The van der Waals surface area contributed by atoms with E-state index in [1.807, 2.05) is 24.4 Å². The summed E-state index contributed by atoms with van der Waals surface area (Å²) >= 11 is 11.9. The number of hydrogen-bond donors (Lipinski definition) is 3. The zero-order chi connectivity index (χ0) is 18.5. The van der Waals surface area contributed by atoms with Gasteiger partial charge in [0.15, 0.2) is 0 Å². The smallest absolute Gasteiger partial charge is 0.224 e. The number of aryl methyl sites for hydroxylation is 2. The van der Waals surface area contributed by atoms with Gasteiger partial charge in [-0.2, -0.15) is 4.98 Å². The van der Waals surface area contributed by atoms with Crippen LogP contribution in [0.2, 0.25) is 10.3 Å². The molecule has 0 bridgehead atoms. The van der Waals surface area contributed by atoms with E-state index in [9.17, 15) is 0 Å². The van der Waals surface area contributed by atoms with Crippen LogP contribution >= 0.6 is 60.4 Å². The molecule has 29 heavy (non-hydrogen) atoms. The van der Waals surface area contributed by atoms with Crippen LogP contribution in [-0.4, -0.2) is 15.0 Å². The molecule has 0 aliphatic heterocycles. The fourth-order valence-corrected chi connectivity index (χ4v) is 2.86. The molecule has 0 aliphatic carbocycles. The first-order valence-electron chi connectivity index (χ1n) is 8.00. The van der Waals surface area contributed by atoms with Crippen LogP contribution in [0.25, 0.3) is 0 Å². The van der Waals surface area contributed by atoms with Gasteiger partial charge in [-0.3, -0.25) is 4.98 Å². The van der Waals surface area contributed by atoms with Crippen LogP contribution in [0.5, 0.6) is 0 Å². The summed E-state index contributed by atoms with van der Waals surface area (Å²) in [6.07, 6.45) is 6.53. The number of halogens is 5. The van der Waals surface area contributed by atoms with Crippen LogP contribution in [0.3, 0.4) is 0 Å². The zero-order valence-corrected chi connectivity index (χ0v) is 19.1. The Kier molecular flexibility index (Phi) is 12.0. The molecule has 2 heterocycles. The van der Waals surface area contributed by atoms with Gasteiger partial charge in [-0.25, -0.2) is 4.98 Å². The van der Waals surface area contributed by atoms with E-state index >= 15 is 0 Å². The van der Waals surface area contributed by atoms with E-state index in [-0.39, 0.29) is 42.5 Å². The first-order valence-corrected chi connectivity index (χ1v) is 8.75. The number of rotatable bonds is 6. The second-order valence-electron chi connectivity index (χ2n) is 5.85. The number of nitrogen functional groups attached to an aromatic ring is 2. The number of nitrogens with one attached hydrogen (secondary N) is 1. The Bertz CT molecular complexity index is 925. The lowest BCUT2D eigenvalue weighted by molar-refractivity contribution is 0.947. The fraction of sp³-hybridized carbons (Fsp3) is 0.167. The standard InChI is InChI=1S/C18H18Cl2N6.3ClH/c19-15-10-25-18(20)26-17(15)24-8-11-2-4-16(22)13(5-11)3-1-12-6-14(21)9-23-7-12;;;/h2,4-7,9-10H,1,3,8,21-22H2,(H,24,25,26);3*1H. The fourth-order valence-electron chi connectivity index (χ4n) is 2.56. The molecule has 11 heteroatoms. The van der Waals surface area contributed by atoms with E-state index in [1.165, 1.54) is 6.20 Å². The molecule has 3 rings (SSSR count). The second kappa shape index (κ2) is 12.8. The minimum absolute atomic E-state index is 0. The molecular weight excluding hydrogens is 478 g/mol. The van der Waals surface area contributed by atoms with Crippen molar-refractivity contribution in [1.82, 2.24) is 15.0 Å². The van der Waals surface area contributed by atoms with Crippen LogP contribution in [0, 0.1) is 0 Å². The topological polar surface area (TPSA) is 103 Å². The lowest BCUT2D eigenvalue weighted by Crippen LogP contribution is -2.05. The summed E-state index contributed by atoms with van der Waals surface area (Å²) in [5.41, 5.74) is 16.5. The maximum absolute atomic E-state index is 6.11. The average molecular weight is 499 g/mol. The molecule has 0 unspecified atom stereocenters. The second-order valence-corrected chi connectivity index (χ2v) is 6.59. The van der Waals surface area contributed by atoms with Gasteiger partial charge >= 0.3 is 0 Å². The number of aromatic nitrogens is 3. The molecule has 2 aromatic heterocycles. The summed E-state index contributed by atoms with van der Waals surface area (Å²) < 4.78 is 0. The van der Waals surface area contributed by atoms with Gasteiger partial charge in [0.2, 0.25) is 5.28 Å². The van der Waals surface area contributed by atoms with Crippen molar-refractivity contribution in [2.75, 3.05) is 16.8 Å². The van der Waals surface area contributed by atoms with Crippen molar-refractivity contribution in [2.45, 2.75) is 19.4 Å². The van der Waals surface area contributed by atoms with Crippen molar-refractivity contribution >= 4 is 77.6 Å². The van der Waals surface area contributed by atoms with Crippen LogP contribution in [0.1, 0.15) is 16.7 Å². The van der Waals surface area contributed by atoms with Crippen LogP contribution in [-0.2, 0) is 19.4 Å². The molecule has 0 radical (unpaired) electrons. The first-order chi connectivity index (χ1) is 12.5. The molecule has 158 valence electrons. The third kappa shape index (κ3) is 7.91. The maximum Gasteiger partial charge on any atom is 0.224 e. The predicted octanol–water partition coefficient (Wildman–Crippen LogP) is 5.01. The number of anilines is 3. The molecule has 0 aliphatic rings. The number of hydrogen-bond acceptors (Lipinski definition) is 6. The van der Waals surface area contributed by atoms with Gasteiger partial charge in [0.25, 0.3) is 0 Å². The van der Waals surface area contributed by atoms with Crippen molar-refractivity contribution < 1.29 is 0 Å². The molecule has 0 saturated heterocycles. The number of nitrogens with two attached hydrogens (primary N) is 2. The summed E-state index contributed by atoms with van der Waals surface area (Å²) in [5, 5.41) is 3.72. The van der Waals surface area contributed by atoms with Gasteiger partial charge in [-0.1, -0.05) is 23.7 Å². The van der Waals surface area contributed by atoms with Crippen LogP contribution in [0.15, 0.2) is 42.9 Å². The highest BCUT2D eigenvalue weighted by atomic mass is 35.5. The molecule has 5 N–H and O–H groups in total. The first kappa shape index (κ1) is 27.3. The Hall–Kier alpha value is -1.70. The van der Waals surface area contributed by atoms with E-state index in [0.717, 1.165) is 35.2 Å². The molecule has 6 nitrogen and oxygen atoms in total. The molecular formula is C18H21Cl5N6. The minimum atomic E-state index is 0. The SMILES string of the molecule is Cl.Cl.Cl.Nc1cncc(CCc2cc(CNc3nc(Cl)ncc3Cl)ccc2N)c1. The van der Waals surface area contributed by atoms with Gasteiger partial charge < -0.3 is 16.8 Å². The van der Waals surface area contributed by atoms with E-state index in [4.69, 9.17) is 34.7 Å². The number of pyridine rings is 1. The van der Waals surface area contributed by atoms with Crippen molar-refractivity contribution in [3.8, 4) is 0 Å². The highest BCUT2D eigenvalue weighted by Crippen LogP contribution is 2.22. The van der Waals surface area contributed by atoms with Gasteiger partial charge in [-0.05, 0) is 53.3 Å². The normalized spacial score (nSPS) is 9.59. The zero-order valence-electron chi connectivity index (χ0n) is 15.1. The highest BCUT2D eigenvalue weighted by Gasteiger charge is 2.06. The molecule has 0 spiro atoms. The lowest BCUT2D eigenvalue weighted by Gasteiger charge is -2.11. The Morgan fingerprint density at radius 1 is 0.897 bits per heavy atom. The van der Waals surface area contributed by atoms with Gasteiger partial charge in [0.1, 0.15) is 10.8 Å². The Balaban J connectivity index is 0.00000261. The molecule has 0 saturated carbocycles. The highest BCUT2D eigenvalue weighted by molar-refractivity contribution is 6.33. The molecule has 3 aromatic rings. The molecule has 0 amide bonds. The lowest BCUT2D eigenvalue weighted by atomic mass is 10.0. The number of nitrogens with zero attached hydrogens (tertiary/aromatic N) is 3. The van der Waals surface area contributed by atoms with Crippen LogP contribution in [0.4, 0.5) is 17.2 Å². The largest absolute Gasteiger partial charge is 0.399 e. The minimum Gasteiger partial charge on any atom is -0.399 e. The Morgan fingerprint density at radius 2 is 1.66 bits per heavy atom. The van der Waals surface area contributed by atoms with E-state index in [2.05, 4.69) is 26.3 Å². The van der Waals surface area contributed by atoms with Crippen molar-refractivity contribution in [3.63, 3.8) is 0 Å². The Labute approximate surface area is 198 Å². The van der Waals surface area contributed by atoms with Gasteiger partial charge in [-0.15, -0.1) is 37.2 Å². The summed E-state index contributed by atoms with van der Waals surface area (Å²) in [6.45, 7) is 0.542.